The molecule has 0 bridgehead atoms. The van der Waals surface area contributed by atoms with Gasteiger partial charge in [-0.1, -0.05) is 25.1 Å². The van der Waals surface area contributed by atoms with Crippen molar-refractivity contribution in [1.82, 2.24) is 14.7 Å². The Morgan fingerprint density at radius 2 is 1.89 bits per heavy atom. The predicted molar refractivity (Wildman–Crippen MR) is 134 cm³/mol. The first-order valence-corrected chi connectivity index (χ1v) is 13.3. The number of nitrogens with zero attached hydrogens (tertiary/aromatic N) is 3. The number of carbonyl (C=O) groups is 1. The monoisotopic (exact) mass is 548 g/mol. The zero-order valence-corrected chi connectivity index (χ0v) is 21.8. The average molecular weight is 549 g/mol. The van der Waals surface area contributed by atoms with Gasteiger partial charge in [0.25, 0.3) is 15.9 Å². The number of sulfonamides is 1. The van der Waals surface area contributed by atoms with Crippen LogP contribution in [0.4, 0.5) is 19.0 Å². The van der Waals surface area contributed by atoms with Crippen LogP contribution in [0.1, 0.15) is 48.7 Å². The number of anilines is 1. The third-order valence-corrected chi connectivity index (χ3v) is 7.43. The summed E-state index contributed by atoms with van der Waals surface area (Å²) >= 11 is 0. The Bertz CT molecular complexity index is 1440. The molecule has 1 fully saturated rings. The van der Waals surface area contributed by atoms with Crippen molar-refractivity contribution < 1.29 is 31.1 Å². The Morgan fingerprint density at radius 1 is 1.16 bits per heavy atom. The number of benzene rings is 1. The second kappa shape index (κ2) is 10.2. The minimum absolute atomic E-state index is 0.107. The zero-order valence-electron chi connectivity index (χ0n) is 21.0. The van der Waals surface area contributed by atoms with Crippen LogP contribution in [0.3, 0.4) is 0 Å². The van der Waals surface area contributed by atoms with Crippen molar-refractivity contribution in [2.24, 2.45) is 5.92 Å². The van der Waals surface area contributed by atoms with Gasteiger partial charge in [-0.15, -0.1) is 0 Å². The fourth-order valence-corrected chi connectivity index (χ4v) is 5.53. The van der Waals surface area contributed by atoms with Crippen molar-refractivity contribution in [3.8, 4) is 5.88 Å². The molecule has 1 N–H and O–H groups in total. The maximum Gasteiger partial charge on any atom is 0.416 e. The summed E-state index contributed by atoms with van der Waals surface area (Å²) in [7, 11) is -4.40. The van der Waals surface area contributed by atoms with Gasteiger partial charge in [-0.05, 0) is 62.1 Å². The van der Waals surface area contributed by atoms with Crippen LogP contribution in [0.15, 0.2) is 65.8 Å². The lowest BCUT2D eigenvalue weighted by atomic mass is 9.97. The first kappa shape index (κ1) is 27.4. The van der Waals surface area contributed by atoms with Crippen molar-refractivity contribution in [3.63, 3.8) is 0 Å². The molecule has 12 heteroatoms. The molecule has 2 aromatic heterocycles. The van der Waals surface area contributed by atoms with Crippen molar-refractivity contribution in [3.05, 3.63) is 77.5 Å². The van der Waals surface area contributed by atoms with Crippen LogP contribution in [-0.4, -0.2) is 36.4 Å². The van der Waals surface area contributed by atoms with Crippen LogP contribution in [0.5, 0.6) is 5.88 Å². The van der Waals surface area contributed by atoms with Crippen molar-refractivity contribution in [2.75, 3.05) is 11.4 Å². The topological polar surface area (TPSA) is 101 Å². The van der Waals surface area contributed by atoms with Gasteiger partial charge in [-0.2, -0.15) is 26.6 Å². The molecule has 1 unspecified atom stereocenters. The predicted octanol–water partition coefficient (Wildman–Crippen LogP) is 4.82. The van der Waals surface area contributed by atoms with Crippen molar-refractivity contribution >= 4 is 21.7 Å². The first-order valence-electron chi connectivity index (χ1n) is 11.8. The van der Waals surface area contributed by atoms with Gasteiger partial charge in [0.1, 0.15) is 12.4 Å². The van der Waals surface area contributed by atoms with Crippen LogP contribution in [0, 0.1) is 5.92 Å². The van der Waals surface area contributed by atoms with Crippen LogP contribution >= 0.6 is 0 Å². The van der Waals surface area contributed by atoms with Crippen LogP contribution in [0.2, 0.25) is 0 Å². The highest BCUT2D eigenvalue weighted by Gasteiger charge is 2.39. The number of ether oxygens (including phenoxy) is 1. The molecule has 3 aromatic rings. The van der Waals surface area contributed by atoms with E-state index in [1.165, 1.54) is 36.4 Å². The average Bonchev–Trinajstić information content (AvgIpc) is 3.13. The Kier molecular flexibility index (Phi) is 7.37. The van der Waals surface area contributed by atoms with Gasteiger partial charge in [-0.25, -0.2) is 9.71 Å². The molecule has 1 aliphatic rings. The van der Waals surface area contributed by atoms with E-state index in [9.17, 15) is 26.4 Å². The molecule has 38 heavy (non-hydrogen) atoms. The highest BCUT2D eigenvalue weighted by atomic mass is 32.2. The molecule has 0 aliphatic carbocycles. The minimum Gasteiger partial charge on any atom is -0.473 e. The number of rotatable bonds is 7. The Labute approximate surface area is 218 Å². The summed E-state index contributed by atoms with van der Waals surface area (Å²) in [6.07, 6.45) is -2.07. The molecule has 0 spiro atoms. The molecule has 1 amide bonds. The van der Waals surface area contributed by atoms with Gasteiger partial charge in [0.05, 0.1) is 11.1 Å². The number of aromatic nitrogens is 2. The van der Waals surface area contributed by atoms with Gasteiger partial charge in [0.2, 0.25) is 5.88 Å². The number of pyridine rings is 2. The van der Waals surface area contributed by atoms with E-state index < -0.39 is 32.7 Å². The van der Waals surface area contributed by atoms with Gasteiger partial charge in [0, 0.05) is 24.3 Å². The smallest absolute Gasteiger partial charge is 0.416 e. The van der Waals surface area contributed by atoms with E-state index in [0.717, 1.165) is 18.6 Å². The summed E-state index contributed by atoms with van der Waals surface area (Å²) < 4.78 is 72.3. The summed E-state index contributed by atoms with van der Waals surface area (Å²) in [6.45, 7) is 6.58. The lowest BCUT2D eigenvalue weighted by Crippen LogP contribution is -2.41. The molecule has 1 saturated heterocycles. The minimum atomic E-state index is -4.50. The lowest BCUT2D eigenvalue weighted by molar-refractivity contribution is -0.137. The molecule has 8 nitrogen and oxygen atoms in total. The van der Waals surface area contributed by atoms with E-state index in [4.69, 9.17) is 4.74 Å². The molecular formula is C26H27F3N4O4S. The van der Waals surface area contributed by atoms with Gasteiger partial charge in [0.15, 0.2) is 5.03 Å². The highest BCUT2D eigenvalue weighted by molar-refractivity contribution is 7.90. The quantitative estimate of drug-likeness (QED) is 0.452. The zero-order chi connectivity index (χ0) is 27.7. The summed E-state index contributed by atoms with van der Waals surface area (Å²) in [4.78, 5) is 23.4. The van der Waals surface area contributed by atoms with Crippen LogP contribution in [0.25, 0.3) is 0 Å². The third-order valence-electron chi connectivity index (χ3n) is 6.20. The number of halogens is 3. The van der Waals surface area contributed by atoms with E-state index in [0.29, 0.717) is 18.3 Å². The molecule has 3 heterocycles. The second-order valence-corrected chi connectivity index (χ2v) is 11.5. The summed E-state index contributed by atoms with van der Waals surface area (Å²) in [5, 5.41) is -0.479. The Balaban J connectivity index is 1.51. The van der Waals surface area contributed by atoms with E-state index >= 15 is 0 Å². The summed E-state index contributed by atoms with van der Waals surface area (Å²) in [5.41, 5.74) is -0.761. The number of amides is 1. The standard InChI is InChI=1S/C26H27F3N4O4S/c1-17-14-25(2,3)33(15-17)23-20(9-6-12-30-23)24(34)32-38(35,36)22-11-5-10-21(31-22)37-16-18-7-4-8-19(13-18)26(27,28)29/h4-13,17H,14-16H2,1-3H3,(H,32,34). The summed E-state index contributed by atoms with van der Waals surface area (Å²) in [6, 6.07) is 11.5. The number of alkyl halides is 3. The molecule has 0 radical (unpaired) electrons. The second-order valence-electron chi connectivity index (χ2n) is 9.84. The van der Waals surface area contributed by atoms with Gasteiger partial charge >= 0.3 is 6.18 Å². The number of carbonyl (C=O) groups excluding carboxylic acids is 1. The lowest BCUT2D eigenvalue weighted by Gasteiger charge is -2.33. The molecule has 0 saturated carbocycles. The fraction of sp³-hybridized carbons (Fsp3) is 0.346. The summed E-state index contributed by atoms with van der Waals surface area (Å²) in [5.74, 6) is -0.233. The van der Waals surface area contributed by atoms with E-state index in [1.807, 2.05) is 23.5 Å². The maximum absolute atomic E-state index is 13.1. The van der Waals surface area contributed by atoms with Gasteiger partial charge < -0.3 is 9.64 Å². The normalized spacial score (nSPS) is 17.3. The van der Waals surface area contributed by atoms with E-state index in [1.54, 1.807) is 12.3 Å². The van der Waals surface area contributed by atoms with Crippen LogP contribution in [-0.2, 0) is 22.8 Å². The number of nitrogens with one attached hydrogen (secondary N) is 1. The van der Waals surface area contributed by atoms with Crippen molar-refractivity contribution in [2.45, 2.75) is 50.5 Å². The Hall–Kier alpha value is -3.67. The molecule has 1 atom stereocenters. The molecule has 202 valence electrons. The van der Waals surface area contributed by atoms with Gasteiger partial charge in [-0.3, -0.25) is 4.79 Å². The fourth-order valence-electron chi connectivity index (χ4n) is 4.60. The maximum atomic E-state index is 13.1. The van der Waals surface area contributed by atoms with Crippen molar-refractivity contribution in [1.29, 1.82) is 0 Å². The SMILES string of the molecule is CC1CN(c2ncccc2C(=O)NS(=O)(=O)c2cccc(OCc3cccc(C(F)(F)F)c3)n2)C(C)(C)C1. The molecular weight excluding hydrogens is 521 g/mol. The highest BCUT2D eigenvalue weighted by Crippen LogP contribution is 2.37. The first-order chi connectivity index (χ1) is 17.8. The van der Waals surface area contributed by atoms with E-state index in [-0.39, 0.29) is 29.2 Å². The molecule has 1 aromatic carbocycles. The third kappa shape index (κ3) is 6.07. The molecule has 1 aliphatic heterocycles. The van der Waals surface area contributed by atoms with E-state index in [2.05, 4.69) is 16.9 Å². The number of hydrogen-bond acceptors (Lipinski definition) is 7. The van der Waals surface area contributed by atoms with Crippen LogP contribution < -0.4 is 14.4 Å². The largest absolute Gasteiger partial charge is 0.473 e. The number of hydrogen-bond donors (Lipinski definition) is 1. The molecule has 4 rings (SSSR count). The Morgan fingerprint density at radius 3 is 2.58 bits per heavy atom.